The monoisotopic (exact) mass is 340 g/mol. The molecule has 0 spiro atoms. The molecule has 6 N–H and O–H groups in total. The van der Waals surface area contributed by atoms with Crippen LogP contribution in [0.5, 0.6) is 0 Å². The Kier molecular flexibility index (Phi) is 5.89. The van der Waals surface area contributed by atoms with Crippen LogP contribution < -0.4 is 0 Å². The number of rotatable bonds is 5. The number of aliphatic carboxylic acids is 1. The van der Waals surface area contributed by atoms with Crippen LogP contribution in [0, 0.1) is 0 Å². The van der Waals surface area contributed by atoms with E-state index in [0.29, 0.717) is 0 Å². The molecule has 0 radical (unpaired) electrons. The van der Waals surface area contributed by atoms with E-state index in [1.165, 1.54) is 0 Å². The average Bonchev–Trinajstić information content (AvgIpc) is 2.78. The van der Waals surface area contributed by atoms with Gasteiger partial charge in [0, 0.05) is 7.11 Å². The smallest absolute Gasteiger partial charge is 0.335 e. The van der Waals surface area contributed by atoms with Gasteiger partial charge in [0.1, 0.15) is 36.6 Å². The molecule has 0 amide bonds. The minimum Gasteiger partial charge on any atom is -0.479 e. The van der Waals surface area contributed by atoms with Crippen molar-refractivity contribution in [1.82, 2.24) is 0 Å². The van der Waals surface area contributed by atoms with Gasteiger partial charge in [-0.25, -0.2) is 4.79 Å². The predicted molar refractivity (Wildman–Crippen MR) is 68.0 cm³/mol. The third-order valence-corrected chi connectivity index (χ3v) is 3.81. The second-order valence-corrected chi connectivity index (χ2v) is 5.29. The second kappa shape index (κ2) is 7.34. The fourth-order valence-corrected chi connectivity index (χ4v) is 2.53. The first kappa shape index (κ1) is 18.4. The lowest BCUT2D eigenvalue weighted by Crippen LogP contribution is -2.62. The summed E-state index contributed by atoms with van der Waals surface area (Å²) in [5, 5.41) is 57.6. The zero-order chi connectivity index (χ0) is 17.3. The van der Waals surface area contributed by atoms with Crippen molar-refractivity contribution in [2.75, 3.05) is 13.7 Å². The molecule has 0 aromatic rings. The molecule has 2 fully saturated rings. The summed E-state index contributed by atoms with van der Waals surface area (Å²) in [5.74, 6) is -1.50. The van der Waals surface area contributed by atoms with Crippen molar-refractivity contribution in [1.29, 1.82) is 0 Å². The summed E-state index contributed by atoms with van der Waals surface area (Å²) in [6.45, 7) is -0.588. The predicted octanol–water partition coefficient (Wildman–Crippen LogP) is -4.01. The van der Waals surface area contributed by atoms with Gasteiger partial charge in [-0.2, -0.15) is 0 Å². The maximum atomic E-state index is 11.1. The largest absolute Gasteiger partial charge is 0.479 e. The highest BCUT2D eigenvalue weighted by atomic mass is 16.7. The highest BCUT2D eigenvalue weighted by molar-refractivity contribution is 5.73. The van der Waals surface area contributed by atoms with Crippen molar-refractivity contribution in [3.63, 3.8) is 0 Å². The van der Waals surface area contributed by atoms with Gasteiger partial charge in [-0.3, -0.25) is 0 Å². The van der Waals surface area contributed by atoms with Crippen molar-refractivity contribution in [2.24, 2.45) is 0 Å². The number of carbonyl (C=O) groups is 1. The molecule has 0 saturated carbocycles. The lowest BCUT2D eigenvalue weighted by Gasteiger charge is -2.41. The minimum atomic E-state index is -1.78. The van der Waals surface area contributed by atoms with E-state index in [1.807, 2.05) is 0 Å². The third-order valence-electron chi connectivity index (χ3n) is 3.81. The van der Waals surface area contributed by atoms with Gasteiger partial charge in [-0.15, -0.1) is 0 Å². The molecule has 0 aliphatic carbocycles. The molecule has 2 saturated heterocycles. The van der Waals surface area contributed by atoms with Gasteiger partial charge < -0.3 is 49.6 Å². The Bertz CT molecular complexity index is 418. The number of methoxy groups -OCH3 is 1. The summed E-state index contributed by atoms with van der Waals surface area (Å²) in [6, 6.07) is 0. The molecule has 2 aliphatic rings. The molecule has 11 heteroatoms. The zero-order valence-corrected chi connectivity index (χ0v) is 12.1. The van der Waals surface area contributed by atoms with Crippen molar-refractivity contribution >= 4 is 5.97 Å². The third kappa shape index (κ3) is 3.47. The van der Waals surface area contributed by atoms with E-state index >= 15 is 0 Å². The number of aliphatic hydroxyl groups excluding tert-OH is 5. The average molecular weight is 340 g/mol. The first-order chi connectivity index (χ1) is 10.8. The molecule has 11 nitrogen and oxygen atoms in total. The number of hydrogen-bond donors (Lipinski definition) is 6. The van der Waals surface area contributed by atoms with E-state index in [1.54, 1.807) is 0 Å². The number of aliphatic hydroxyl groups is 5. The zero-order valence-electron chi connectivity index (χ0n) is 12.1. The maximum absolute atomic E-state index is 11.1. The molecule has 2 aliphatic heterocycles. The summed E-state index contributed by atoms with van der Waals surface area (Å²) in [6.07, 6.45) is -13.6. The lowest BCUT2D eigenvalue weighted by atomic mass is 9.98. The summed E-state index contributed by atoms with van der Waals surface area (Å²) in [4.78, 5) is 11.1. The summed E-state index contributed by atoms with van der Waals surface area (Å²) in [7, 11) is 1.16. The summed E-state index contributed by atoms with van der Waals surface area (Å²) >= 11 is 0. The Morgan fingerprint density at radius 1 is 1.00 bits per heavy atom. The van der Waals surface area contributed by atoms with E-state index in [2.05, 4.69) is 0 Å². The van der Waals surface area contributed by atoms with Gasteiger partial charge >= 0.3 is 5.97 Å². The number of carboxylic acids is 1. The molecule has 2 rings (SSSR count). The molecule has 2 heterocycles. The van der Waals surface area contributed by atoms with Gasteiger partial charge in [0.05, 0.1) is 6.61 Å². The van der Waals surface area contributed by atoms with Gasteiger partial charge in [-0.05, 0) is 0 Å². The van der Waals surface area contributed by atoms with Crippen molar-refractivity contribution in [3.05, 3.63) is 0 Å². The number of ether oxygens (including phenoxy) is 4. The fourth-order valence-electron chi connectivity index (χ4n) is 2.53. The normalized spacial score (nSPS) is 47.7. The maximum Gasteiger partial charge on any atom is 0.335 e. The van der Waals surface area contributed by atoms with Crippen LogP contribution in [0.1, 0.15) is 0 Å². The molecule has 0 aromatic carbocycles. The van der Waals surface area contributed by atoms with Crippen molar-refractivity contribution < 1.29 is 54.4 Å². The van der Waals surface area contributed by atoms with Crippen molar-refractivity contribution in [2.45, 2.75) is 55.3 Å². The molecule has 0 aromatic heterocycles. The molecule has 134 valence electrons. The Morgan fingerprint density at radius 2 is 1.65 bits per heavy atom. The molecule has 0 bridgehead atoms. The Hall–Kier alpha value is -0.890. The Balaban J connectivity index is 2.14. The lowest BCUT2D eigenvalue weighted by molar-refractivity contribution is -0.320. The van der Waals surface area contributed by atoms with E-state index in [-0.39, 0.29) is 0 Å². The van der Waals surface area contributed by atoms with Crippen LogP contribution in [0.25, 0.3) is 0 Å². The number of carboxylic acid groups (broad SMARTS) is 1. The number of hydrogen-bond acceptors (Lipinski definition) is 10. The van der Waals surface area contributed by atoms with E-state index in [4.69, 9.17) is 29.2 Å². The van der Waals surface area contributed by atoms with Gasteiger partial charge in [-0.1, -0.05) is 0 Å². The molecule has 3 unspecified atom stereocenters. The highest BCUT2D eigenvalue weighted by Crippen LogP contribution is 2.29. The first-order valence-electron chi connectivity index (χ1n) is 6.87. The molecular formula is C12H20O11. The minimum absolute atomic E-state index is 0.588. The van der Waals surface area contributed by atoms with Crippen LogP contribution in [0.3, 0.4) is 0 Å². The molecule has 9 atom stereocenters. The van der Waals surface area contributed by atoms with Gasteiger partial charge in [0.15, 0.2) is 18.7 Å². The van der Waals surface area contributed by atoms with Crippen LogP contribution in [-0.4, -0.2) is 106 Å². The molecule has 23 heavy (non-hydrogen) atoms. The van der Waals surface area contributed by atoms with Crippen LogP contribution in [0.4, 0.5) is 0 Å². The topological polar surface area (TPSA) is 175 Å². The quantitative estimate of drug-likeness (QED) is 0.287. The van der Waals surface area contributed by atoms with Gasteiger partial charge in [0.25, 0.3) is 0 Å². The standard InChI is InChI=1S/C12H20O11/c1-20-11-7(17)8(6(16)9(23-11)10(18)19)22-12-5(15)4(14)3(2-13)21-12/h3-9,11-17H,2H2,1H3,(H,18,19)/t3-,4?,5-,6-,7?,8+,9?,11+,12-/m0/s1. The first-order valence-corrected chi connectivity index (χ1v) is 6.87. The van der Waals surface area contributed by atoms with Gasteiger partial charge in [0.2, 0.25) is 0 Å². The second-order valence-electron chi connectivity index (χ2n) is 5.29. The summed E-state index contributed by atoms with van der Waals surface area (Å²) in [5.41, 5.74) is 0. The van der Waals surface area contributed by atoms with E-state index in [0.717, 1.165) is 7.11 Å². The molecular weight excluding hydrogens is 320 g/mol. The fraction of sp³-hybridized carbons (Fsp3) is 0.917. The Labute approximate surface area is 130 Å². The SMILES string of the molecule is CO[C@@H]1OC(C(=O)O)[C@@H](O)[C@@H](O[C@@H]2O[C@@H](CO)C(O)[C@@H]2O)C1O. The van der Waals surface area contributed by atoms with E-state index < -0.39 is 67.9 Å². The van der Waals surface area contributed by atoms with Crippen LogP contribution in [0.2, 0.25) is 0 Å². The highest BCUT2D eigenvalue weighted by Gasteiger charge is 2.52. The van der Waals surface area contributed by atoms with Crippen LogP contribution >= 0.6 is 0 Å². The Morgan fingerprint density at radius 3 is 2.13 bits per heavy atom. The van der Waals surface area contributed by atoms with E-state index in [9.17, 15) is 25.2 Å². The van der Waals surface area contributed by atoms with Crippen molar-refractivity contribution in [3.8, 4) is 0 Å². The summed E-state index contributed by atoms with van der Waals surface area (Å²) < 4.78 is 20.0. The van der Waals surface area contributed by atoms with Crippen LogP contribution in [-0.2, 0) is 23.7 Å². The van der Waals surface area contributed by atoms with Crippen LogP contribution in [0.15, 0.2) is 0 Å².